The highest BCUT2D eigenvalue weighted by atomic mass is 19.2. The van der Waals surface area contributed by atoms with E-state index in [-0.39, 0.29) is 12.7 Å². The van der Waals surface area contributed by atoms with Crippen molar-refractivity contribution in [3.63, 3.8) is 0 Å². The molecule has 20 heavy (non-hydrogen) atoms. The summed E-state index contributed by atoms with van der Waals surface area (Å²) in [7, 11) is 0. The summed E-state index contributed by atoms with van der Waals surface area (Å²) in [4.78, 5) is 0. The normalized spacial score (nSPS) is 11.2. The minimum absolute atomic E-state index is 0.0710. The number of nitrogens with one attached hydrogen (secondary N) is 1. The highest BCUT2D eigenvalue weighted by molar-refractivity contribution is 5.28. The monoisotopic (exact) mass is 293 g/mol. The van der Waals surface area contributed by atoms with E-state index in [4.69, 9.17) is 4.74 Å². The number of benzene rings is 1. The van der Waals surface area contributed by atoms with Gasteiger partial charge in [-0.15, -0.1) is 0 Å². The molecule has 0 aromatic heterocycles. The van der Waals surface area contributed by atoms with Crippen LogP contribution in [0.25, 0.3) is 0 Å². The van der Waals surface area contributed by atoms with Crippen molar-refractivity contribution < 1.29 is 22.3 Å². The summed E-state index contributed by atoms with van der Waals surface area (Å²) in [6.07, 6.45) is 2.06. The summed E-state index contributed by atoms with van der Waals surface area (Å²) in [5.41, 5.74) is 0. The number of hydrogen-bond acceptors (Lipinski definition) is 2. The predicted molar refractivity (Wildman–Crippen MR) is 68.7 cm³/mol. The molecule has 0 amide bonds. The molecule has 0 bridgehead atoms. The molecule has 0 aliphatic rings. The van der Waals surface area contributed by atoms with Crippen molar-refractivity contribution >= 4 is 0 Å². The Bertz CT molecular complexity index is 411. The van der Waals surface area contributed by atoms with Crippen LogP contribution in [0.5, 0.6) is 5.75 Å². The Morgan fingerprint density at radius 3 is 2.20 bits per heavy atom. The number of hydrogen-bond donors (Lipinski definition) is 1. The van der Waals surface area contributed by atoms with E-state index in [9.17, 15) is 17.6 Å². The van der Waals surface area contributed by atoms with Crippen LogP contribution in [0.1, 0.15) is 26.7 Å². The fourth-order valence-electron chi connectivity index (χ4n) is 1.66. The molecule has 1 N–H and O–H groups in total. The molecule has 114 valence electrons. The molecular weight excluding hydrogens is 274 g/mol. The molecule has 2 nitrogen and oxygen atoms in total. The molecule has 6 heteroatoms. The van der Waals surface area contributed by atoms with E-state index in [1.54, 1.807) is 0 Å². The molecule has 0 saturated heterocycles. The Morgan fingerprint density at radius 2 is 1.65 bits per heavy atom. The summed E-state index contributed by atoms with van der Waals surface area (Å²) >= 11 is 0. The second-order valence-electron chi connectivity index (χ2n) is 4.93. The van der Waals surface area contributed by atoms with Crippen LogP contribution < -0.4 is 10.1 Å². The van der Waals surface area contributed by atoms with Crippen LogP contribution >= 0.6 is 0 Å². The highest BCUT2D eigenvalue weighted by Crippen LogP contribution is 2.26. The summed E-state index contributed by atoms with van der Waals surface area (Å²) in [5.74, 6) is -6.35. The molecular formula is C14H19F4NO. The zero-order valence-electron chi connectivity index (χ0n) is 11.6. The van der Waals surface area contributed by atoms with E-state index in [1.165, 1.54) is 0 Å². The van der Waals surface area contributed by atoms with Crippen molar-refractivity contribution in [2.45, 2.75) is 26.7 Å². The lowest BCUT2D eigenvalue weighted by Gasteiger charge is -2.10. The quantitative estimate of drug-likeness (QED) is 0.449. The van der Waals surface area contributed by atoms with Crippen LogP contribution in [0, 0.1) is 29.2 Å². The van der Waals surface area contributed by atoms with Crippen molar-refractivity contribution in [3.8, 4) is 5.75 Å². The molecule has 1 rings (SSSR count). The van der Waals surface area contributed by atoms with Gasteiger partial charge < -0.3 is 10.1 Å². The summed E-state index contributed by atoms with van der Waals surface area (Å²) < 4.78 is 57.0. The van der Waals surface area contributed by atoms with Crippen LogP contribution in [0.15, 0.2) is 6.07 Å². The maximum absolute atomic E-state index is 13.2. The Balaban J connectivity index is 2.36. The van der Waals surface area contributed by atoms with E-state index in [2.05, 4.69) is 19.2 Å². The van der Waals surface area contributed by atoms with Crippen LogP contribution in [0.2, 0.25) is 0 Å². The van der Waals surface area contributed by atoms with Crippen LogP contribution in [0.3, 0.4) is 0 Å². The lowest BCUT2D eigenvalue weighted by molar-refractivity contribution is 0.270. The third-order valence-electron chi connectivity index (χ3n) is 2.73. The molecule has 0 aliphatic carbocycles. The van der Waals surface area contributed by atoms with Gasteiger partial charge in [-0.05, 0) is 25.3 Å². The second-order valence-corrected chi connectivity index (χ2v) is 4.93. The second kappa shape index (κ2) is 8.09. The minimum atomic E-state index is -1.51. The van der Waals surface area contributed by atoms with E-state index >= 15 is 0 Å². The standard InChI is InChI=1S/C14H19F4NO/c1-9(2)4-3-5-19-6-7-20-14-12(17)10(15)8-11(16)13(14)18/h8-9,19H,3-7H2,1-2H3. The van der Waals surface area contributed by atoms with Gasteiger partial charge in [0.2, 0.25) is 11.6 Å². The van der Waals surface area contributed by atoms with Crippen LogP contribution in [0.4, 0.5) is 17.6 Å². The minimum Gasteiger partial charge on any atom is -0.486 e. The fourth-order valence-corrected chi connectivity index (χ4v) is 1.66. The average molecular weight is 293 g/mol. The van der Waals surface area contributed by atoms with Gasteiger partial charge in [0, 0.05) is 12.6 Å². The molecule has 0 aliphatic heterocycles. The molecule has 0 fully saturated rings. The SMILES string of the molecule is CC(C)CCCNCCOc1c(F)c(F)cc(F)c1F. The van der Waals surface area contributed by atoms with Crippen molar-refractivity contribution in [3.05, 3.63) is 29.3 Å². The van der Waals surface area contributed by atoms with Crippen LogP contribution in [-0.2, 0) is 0 Å². The maximum atomic E-state index is 13.2. The molecule has 0 saturated carbocycles. The highest BCUT2D eigenvalue weighted by Gasteiger charge is 2.20. The third-order valence-corrected chi connectivity index (χ3v) is 2.73. The topological polar surface area (TPSA) is 21.3 Å². The first kappa shape index (κ1) is 16.8. The summed E-state index contributed by atoms with van der Waals surface area (Å²) in [5, 5.41) is 3.02. The van der Waals surface area contributed by atoms with Crippen LogP contribution in [-0.4, -0.2) is 19.7 Å². The smallest absolute Gasteiger partial charge is 0.203 e. The molecule has 0 atom stereocenters. The van der Waals surface area contributed by atoms with Gasteiger partial charge in [-0.1, -0.05) is 13.8 Å². The molecule has 0 spiro atoms. The van der Waals surface area contributed by atoms with E-state index < -0.39 is 29.0 Å². The first-order valence-electron chi connectivity index (χ1n) is 6.60. The zero-order chi connectivity index (χ0) is 15.1. The predicted octanol–water partition coefficient (Wildman–Crippen LogP) is 3.65. The largest absolute Gasteiger partial charge is 0.486 e. The summed E-state index contributed by atoms with van der Waals surface area (Å²) in [6.45, 7) is 5.26. The van der Waals surface area contributed by atoms with Crippen molar-refractivity contribution in [1.82, 2.24) is 5.32 Å². The van der Waals surface area contributed by atoms with Gasteiger partial charge in [0.15, 0.2) is 17.4 Å². The Hall–Kier alpha value is -1.30. The first-order valence-corrected chi connectivity index (χ1v) is 6.60. The zero-order valence-corrected chi connectivity index (χ0v) is 11.6. The molecule has 0 radical (unpaired) electrons. The van der Waals surface area contributed by atoms with Crippen molar-refractivity contribution in [1.29, 1.82) is 0 Å². The van der Waals surface area contributed by atoms with Crippen molar-refractivity contribution in [2.24, 2.45) is 5.92 Å². The molecule has 0 unspecified atom stereocenters. The van der Waals surface area contributed by atoms with Crippen molar-refractivity contribution in [2.75, 3.05) is 19.7 Å². The fraction of sp³-hybridized carbons (Fsp3) is 0.571. The number of rotatable bonds is 8. The van der Waals surface area contributed by atoms with Gasteiger partial charge in [-0.2, -0.15) is 8.78 Å². The summed E-state index contributed by atoms with van der Waals surface area (Å²) in [6, 6.07) is 0.154. The average Bonchev–Trinajstić information content (AvgIpc) is 2.38. The maximum Gasteiger partial charge on any atom is 0.203 e. The molecule has 0 heterocycles. The Kier molecular flexibility index (Phi) is 6.78. The number of halogens is 4. The first-order chi connectivity index (χ1) is 9.43. The van der Waals surface area contributed by atoms with E-state index in [0.717, 1.165) is 19.4 Å². The van der Waals surface area contributed by atoms with Gasteiger partial charge in [0.1, 0.15) is 6.61 Å². The Labute approximate surface area is 116 Å². The van der Waals surface area contributed by atoms with Gasteiger partial charge in [0.25, 0.3) is 0 Å². The number of ether oxygens (including phenoxy) is 1. The third kappa shape index (κ3) is 5.00. The van der Waals surface area contributed by atoms with Gasteiger partial charge >= 0.3 is 0 Å². The molecule has 1 aromatic carbocycles. The van der Waals surface area contributed by atoms with E-state index in [1.807, 2.05) is 0 Å². The Morgan fingerprint density at radius 1 is 1.05 bits per heavy atom. The van der Waals surface area contributed by atoms with Gasteiger partial charge in [0.05, 0.1) is 0 Å². The van der Waals surface area contributed by atoms with Gasteiger partial charge in [-0.25, -0.2) is 8.78 Å². The van der Waals surface area contributed by atoms with Gasteiger partial charge in [-0.3, -0.25) is 0 Å². The lowest BCUT2D eigenvalue weighted by Crippen LogP contribution is -2.23. The molecule has 1 aromatic rings. The van der Waals surface area contributed by atoms with E-state index in [0.29, 0.717) is 12.5 Å². The lowest BCUT2D eigenvalue weighted by atomic mass is 10.1.